The molecule has 8 heteroatoms. The van der Waals surface area contributed by atoms with E-state index in [-0.39, 0.29) is 4.90 Å². The maximum atomic E-state index is 12.8. The molecule has 2 aliphatic heterocycles. The van der Waals surface area contributed by atoms with Crippen LogP contribution in [0.4, 0.5) is 4.39 Å². The maximum Gasteiger partial charge on any atom is 0.249 e. The Kier molecular flexibility index (Phi) is 6.54. The molecule has 0 spiro atoms. The molecule has 0 N–H and O–H groups in total. The van der Waals surface area contributed by atoms with Gasteiger partial charge in [-0.25, -0.2) is 8.42 Å². The SMILES string of the molecule is CC1CCN(C2CCN(S(=O)(=O)c3ccc(OC(F)P)cc3)CC2)CC1. The van der Waals surface area contributed by atoms with Crippen LogP contribution in [0.3, 0.4) is 0 Å². The number of nitrogens with zero attached hydrogens (tertiary/aromatic N) is 2. The molecular weight excluding hydrogens is 374 g/mol. The minimum Gasteiger partial charge on any atom is -0.457 e. The Hall–Kier alpha value is -0.750. The largest absolute Gasteiger partial charge is 0.457 e. The third-order valence-electron chi connectivity index (χ3n) is 5.47. The van der Waals surface area contributed by atoms with Crippen LogP contribution in [-0.2, 0) is 10.0 Å². The highest BCUT2D eigenvalue weighted by molar-refractivity contribution is 7.89. The van der Waals surface area contributed by atoms with Crippen molar-refractivity contribution in [1.29, 1.82) is 0 Å². The Labute approximate surface area is 158 Å². The van der Waals surface area contributed by atoms with Crippen LogP contribution in [0.5, 0.6) is 5.75 Å². The Balaban J connectivity index is 1.59. The number of likely N-dealkylation sites (tertiary alicyclic amines) is 1. The van der Waals surface area contributed by atoms with Crippen molar-refractivity contribution in [2.24, 2.45) is 5.92 Å². The highest BCUT2D eigenvalue weighted by Crippen LogP contribution is 2.27. The first-order valence-corrected chi connectivity index (χ1v) is 11.4. The van der Waals surface area contributed by atoms with Gasteiger partial charge in [-0.15, -0.1) is 0 Å². The molecule has 2 unspecified atom stereocenters. The zero-order chi connectivity index (χ0) is 18.7. The predicted molar refractivity (Wildman–Crippen MR) is 103 cm³/mol. The number of rotatable bonds is 5. The highest BCUT2D eigenvalue weighted by atomic mass is 32.2. The molecule has 0 radical (unpaired) electrons. The molecule has 0 aliphatic carbocycles. The van der Waals surface area contributed by atoms with Crippen LogP contribution in [0, 0.1) is 5.92 Å². The van der Waals surface area contributed by atoms with Gasteiger partial charge in [-0.3, -0.25) is 0 Å². The van der Waals surface area contributed by atoms with Gasteiger partial charge in [-0.1, -0.05) is 16.2 Å². The lowest BCUT2D eigenvalue weighted by molar-refractivity contribution is 0.101. The first-order chi connectivity index (χ1) is 12.4. The summed E-state index contributed by atoms with van der Waals surface area (Å²) in [6.45, 7) is 5.66. The second-order valence-corrected chi connectivity index (χ2v) is 9.76. The minimum absolute atomic E-state index is 0.231. The van der Waals surface area contributed by atoms with Gasteiger partial charge in [-0.05, 0) is 69.0 Å². The maximum absolute atomic E-state index is 12.8. The van der Waals surface area contributed by atoms with Crippen molar-refractivity contribution in [2.45, 2.75) is 49.6 Å². The summed E-state index contributed by atoms with van der Waals surface area (Å²) >= 11 is 0. The van der Waals surface area contributed by atoms with E-state index in [0.29, 0.717) is 24.9 Å². The Bertz CT molecular complexity index is 683. The number of hydrogen-bond acceptors (Lipinski definition) is 4. The van der Waals surface area contributed by atoms with Gasteiger partial charge in [0.05, 0.1) is 4.90 Å². The van der Waals surface area contributed by atoms with Crippen molar-refractivity contribution in [3.05, 3.63) is 24.3 Å². The first kappa shape index (κ1) is 20.0. The van der Waals surface area contributed by atoms with E-state index in [1.54, 1.807) is 4.31 Å². The molecule has 5 nitrogen and oxygen atoms in total. The molecule has 146 valence electrons. The smallest absolute Gasteiger partial charge is 0.249 e. The molecule has 2 heterocycles. The van der Waals surface area contributed by atoms with Gasteiger partial charge in [-0.2, -0.15) is 8.70 Å². The third kappa shape index (κ3) is 4.75. The average molecular weight is 402 g/mol. The zero-order valence-electron chi connectivity index (χ0n) is 15.2. The normalized spacial score (nSPS) is 23.0. The molecule has 0 bridgehead atoms. The van der Waals surface area contributed by atoms with Gasteiger partial charge in [0.2, 0.25) is 16.1 Å². The van der Waals surface area contributed by atoms with E-state index in [4.69, 9.17) is 4.74 Å². The molecule has 1 aromatic rings. The second-order valence-electron chi connectivity index (χ2n) is 7.29. The first-order valence-electron chi connectivity index (χ1n) is 9.27. The van der Waals surface area contributed by atoms with Gasteiger partial charge in [0.1, 0.15) is 5.75 Å². The highest BCUT2D eigenvalue weighted by Gasteiger charge is 2.32. The number of sulfonamides is 1. The summed E-state index contributed by atoms with van der Waals surface area (Å²) < 4.78 is 45.0. The van der Waals surface area contributed by atoms with Crippen LogP contribution >= 0.6 is 9.24 Å². The summed E-state index contributed by atoms with van der Waals surface area (Å²) in [6, 6.07) is 6.44. The van der Waals surface area contributed by atoms with Gasteiger partial charge < -0.3 is 9.64 Å². The monoisotopic (exact) mass is 402 g/mol. The van der Waals surface area contributed by atoms with Crippen LogP contribution in [-0.4, -0.2) is 55.9 Å². The van der Waals surface area contributed by atoms with Gasteiger partial charge in [0.15, 0.2) is 0 Å². The van der Waals surface area contributed by atoms with Crippen molar-refractivity contribution in [1.82, 2.24) is 9.21 Å². The zero-order valence-corrected chi connectivity index (χ0v) is 17.2. The fourth-order valence-corrected chi connectivity index (χ4v) is 5.44. The van der Waals surface area contributed by atoms with E-state index in [9.17, 15) is 12.8 Å². The molecule has 2 fully saturated rings. The second kappa shape index (κ2) is 8.51. The van der Waals surface area contributed by atoms with Crippen molar-refractivity contribution in [2.75, 3.05) is 26.2 Å². The van der Waals surface area contributed by atoms with Crippen molar-refractivity contribution >= 4 is 19.3 Å². The van der Waals surface area contributed by atoms with Crippen molar-refractivity contribution in [3.63, 3.8) is 0 Å². The average Bonchev–Trinajstić information content (AvgIpc) is 2.62. The van der Waals surface area contributed by atoms with E-state index in [1.165, 1.54) is 37.1 Å². The van der Waals surface area contributed by atoms with E-state index >= 15 is 0 Å². The quantitative estimate of drug-likeness (QED) is 0.711. The van der Waals surface area contributed by atoms with Crippen molar-refractivity contribution < 1.29 is 17.5 Å². The summed E-state index contributed by atoms with van der Waals surface area (Å²) in [5.74, 6) is 1.11. The summed E-state index contributed by atoms with van der Waals surface area (Å²) in [4.78, 5) is 2.76. The van der Waals surface area contributed by atoms with Crippen LogP contribution in [0.1, 0.15) is 32.6 Å². The van der Waals surface area contributed by atoms with Crippen LogP contribution < -0.4 is 4.74 Å². The summed E-state index contributed by atoms with van der Waals surface area (Å²) in [6.07, 6.45) is 2.73. The summed E-state index contributed by atoms with van der Waals surface area (Å²) in [7, 11) is -1.61. The Morgan fingerprint density at radius 3 is 2.19 bits per heavy atom. The van der Waals surface area contributed by atoms with E-state index in [0.717, 1.165) is 31.8 Å². The number of benzene rings is 1. The number of halogens is 1. The number of alkyl halides is 1. The molecule has 0 amide bonds. The fraction of sp³-hybridized carbons (Fsp3) is 0.667. The topological polar surface area (TPSA) is 49.9 Å². The van der Waals surface area contributed by atoms with Gasteiger partial charge >= 0.3 is 0 Å². The van der Waals surface area contributed by atoms with Gasteiger partial charge in [0.25, 0.3) is 0 Å². The standard InChI is InChI=1S/C18H28FN2O3PS/c1-14-6-10-20(11-7-14)15-8-12-21(13-9-15)26(22,23)17-4-2-16(3-5-17)24-18(19)25/h2-5,14-15,18H,6-13,25H2,1H3. The molecule has 1 aromatic carbocycles. The lowest BCUT2D eigenvalue weighted by Crippen LogP contribution is -2.48. The summed E-state index contributed by atoms with van der Waals surface area (Å²) in [5.41, 5.74) is 0. The van der Waals surface area contributed by atoms with Crippen LogP contribution in [0.25, 0.3) is 0 Å². The van der Waals surface area contributed by atoms with Crippen molar-refractivity contribution in [3.8, 4) is 5.75 Å². The number of ether oxygens (including phenoxy) is 1. The van der Waals surface area contributed by atoms with Crippen LogP contribution in [0.2, 0.25) is 0 Å². The molecule has 3 rings (SSSR count). The number of hydrogen-bond donors (Lipinski definition) is 0. The number of piperidine rings is 2. The predicted octanol–water partition coefficient (Wildman–Crippen LogP) is 3.08. The molecule has 2 aliphatic rings. The summed E-state index contributed by atoms with van der Waals surface area (Å²) in [5, 5.41) is 0. The minimum atomic E-state index is -3.51. The molecule has 2 atom stereocenters. The molecule has 26 heavy (non-hydrogen) atoms. The third-order valence-corrected chi connectivity index (χ3v) is 7.52. The molecule has 0 aromatic heterocycles. The fourth-order valence-electron chi connectivity index (χ4n) is 3.81. The van der Waals surface area contributed by atoms with E-state index < -0.39 is 16.1 Å². The molecule has 0 saturated carbocycles. The Morgan fingerprint density at radius 1 is 1.08 bits per heavy atom. The van der Waals surface area contributed by atoms with E-state index in [1.807, 2.05) is 9.24 Å². The van der Waals surface area contributed by atoms with Gasteiger partial charge in [0, 0.05) is 19.1 Å². The van der Waals surface area contributed by atoms with E-state index in [2.05, 4.69) is 11.8 Å². The lowest BCUT2D eigenvalue weighted by Gasteiger charge is -2.41. The lowest BCUT2D eigenvalue weighted by atomic mass is 9.95. The Morgan fingerprint density at radius 2 is 1.65 bits per heavy atom. The molecular formula is C18H28FN2O3PS. The molecule has 2 saturated heterocycles. The van der Waals surface area contributed by atoms with Crippen LogP contribution in [0.15, 0.2) is 29.2 Å².